The van der Waals surface area contributed by atoms with E-state index < -0.39 is 5.82 Å². The molecule has 0 spiro atoms. The number of nitrogens with zero attached hydrogens (tertiary/aromatic N) is 2. The average molecular weight is 304 g/mol. The standard InChI is InChI=1S/C11H15ClFN3.C2H4O2/c1-7-4-2-3-5-9(7)15-10-8(13)6-14-11(12)16-10;1-4-2-3/h6-7,9H,2-5H2,1H3,(H,14,15,16);2H,1H3/t7-,9?;/m1./s1. The third kappa shape index (κ3) is 5.28. The van der Waals surface area contributed by atoms with Crippen LogP contribution >= 0.6 is 11.6 Å². The molecule has 1 heterocycles. The lowest BCUT2D eigenvalue weighted by Gasteiger charge is -2.29. The maximum absolute atomic E-state index is 13.4. The van der Waals surface area contributed by atoms with Gasteiger partial charge in [-0.2, -0.15) is 4.98 Å². The molecule has 1 aliphatic rings. The number of rotatable bonds is 3. The van der Waals surface area contributed by atoms with E-state index in [-0.39, 0.29) is 17.1 Å². The van der Waals surface area contributed by atoms with Crippen LogP contribution in [-0.4, -0.2) is 29.6 Å². The molecule has 0 bridgehead atoms. The number of aromatic nitrogens is 2. The van der Waals surface area contributed by atoms with Crippen LogP contribution in [0.3, 0.4) is 0 Å². The van der Waals surface area contributed by atoms with E-state index in [0.717, 1.165) is 12.6 Å². The Morgan fingerprint density at radius 1 is 1.50 bits per heavy atom. The first-order valence-electron chi connectivity index (χ1n) is 6.49. The van der Waals surface area contributed by atoms with Crippen LogP contribution in [0.25, 0.3) is 0 Å². The fourth-order valence-corrected chi connectivity index (χ4v) is 2.29. The first-order valence-corrected chi connectivity index (χ1v) is 6.87. The number of anilines is 1. The molecule has 2 atom stereocenters. The Balaban J connectivity index is 0.000000444. The third-order valence-corrected chi connectivity index (χ3v) is 3.43. The zero-order chi connectivity index (χ0) is 15.0. The number of methoxy groups -OCH3 is 1. The van der Waals surface area contributed by atoms with Crippen molar-refractivity contribution in [2.75, 3.05) is 12.4 Å². The van der Waals surface area contributed by atoms with Gasteiger partial charge in [0.25, 0.3) is 6.47 Å². The number of hydrogen-bond donors (Lipinski definition) is 1. The SMILES string of the molecule is COC=O.C[C@@H]1CCCCC1Nc1nc(Cl)ncc1F. The number of nitrogens with one attached hydrogen (secondary N) is 1. The van der Waals surface area contributed by atoms with Gasteiger partial charge in [0.05, 0.1) is 13.3 Å². The van der Waals surface area contributed by atoms with Crippen LogP contribution in [0.2, 0.25) is 5.28 Å². The van der Waals surface area contributed by atoms with Crippen LogP contribution in [-0.2, 0) is 9.53 Å². The van der Waals surface area contributed by atoms with Crippen LogP contribution in [0.4, 0.5) is 10.2 Å². The minimum atomic E-state index is -0.442. The topological polar surface area (TPSA) is 64.1 Å². The molecule has 1 aliphatic carbocycles. The Morgan fingerprint density at radius 2 is 2.15 bits per heavy atom. The second-order valence-electron chi connectivity index (χ2n) is 4.68. The summed E-state index contributed by atoms with van der Waals surface area (Å²) < 4.78 is 17.3. The number of carbonyl (C=O) groups is 1. The minimum absolute atomic E-state index is 0.0763. The van der Waals surface area contributed by atoms with E-state index >= 15 is 0 Å². The van der Waals surface area contributed by atoms with Gasteiger partial charge in [-0.15, -0.1) is 0 Å². The molecule has 1 saturated carbocycles. The molecule has 7 heteroatoms. The largest absolute Gasteiger partial charge is 0.471 e. The van der Waals surface area contributed by atoms with Crippen molar-refractivity contribution >= 4 is 23.9 Å². The monoisotopic (exact) mass is 303 g/mol. The Bertz CT molecular complexity index is 434. The van der Waals surface area contributed by atoms with E-state index in [9.17, 15) is 4.39 Å². The molecule has 0 aliphatic heterocycles. The maximum Gasteiger partial charge on any atom is 0.292 e. The lowest BCUT2D eigenvalue weighted by Crippen LogP contribution is -2.31. The van der Waals surface area contributed by atoms with Crippen molar-refractivity contribution in [3.8, 4) is 0 Å². The van der Waals surface area contributed by atoms with Gasteiger partial charge >= 0.3 is 0 Å². The van der Waals surface area contributed by atoms with Gasteiger partial charge in [-0.3, -0.25) is 4.79 Å². The van der Waals surface area contributed by atoms with Crippen LogP contribution in [0, 0.1) is 11.7 Å². The van der Waals surface area contributed by atoms with Crippen LogP contribution < -0.4 is 5.32 Å². The molecule has 0 amide bonds. The smallest absolute Gasteiger partial charge is 0.292 e. The first kappa shape index (κ1) is 16.6. The Kier molecular flexibility index (Phi) is 7.22. The van der Waals surface area contributed by atoms with Gasteiger partial charge < -0.3 is 10.1 Å². The lowest BCUT2D eigenvalue weighted by atomic mass is 9.86. The number of carbonyl (C=O) groups excluding carboxylic acids is 1. The maximum atomic E-state index is 13.4. The summed E-state index contributed by atoms with van der Waals surface area (Å²) in [6, 6.07) is 0.286. The highest BCUT2D eigenvalue weighted by molar-refractivity contribution is 6.28. The molecule has 2 rings (SSSR count). The summed E-state index contributed by atoms with van der Waals surface area (Å²) in [5.41, 5.74) is 0. The molecule has 1 fully saturated rings. The predicted molar refractivity (Wildman–Crippen MR) is 75.1 cm³/mol. The summed E-state index contributed by atoms with van der Waals surface area (Å²) in [5, 5.41) is 3.21. The Labute approximate surface area is 122 Å². The lowest BCUT2D eigenvalue weighted by molar-refractivity contribution is -0.126. The summed E-state index contributed by atoms with van der Waals surface area (Å²) in [5.74, 6) is 0.322. The van der Waals surface area contributed by atoms with Crippen molar-refractivity contribution in [1.82, 2.24) is 9.97 Å². The van der Waals surface area contributed by atoms with Crippen molar-refractivity contribution in [3.63, 3.8) is 0 Å². The highest BCUT2D eigenvalue weighted by Gasteiger charge is 2.22. The molecular formula is C13H19ClFN3O2. The number of halogens is 2. The number of hydrogen-bond acceptors (Lipinski definition) is 5. The van der Waals surface area contributed by atoms with Gasteiger partial charge in [-0.05, 0) is 30.4 Å². The summed E-state index contributed by atoms with van der Waals surface area (Å²) >= 11 is 5.64. The normalized spacial score (nSPS) is 21.4. The quantitative estimate of drug-likeness (QED) is 0.687. The number of ether oxygens (including phenoxy) is 1. The van der Waals surface area contributed by atoms with Gasteiger partial charge in [-0.25, -0.2) is 9.37 Å². The van der Waals surface area contributed by atoms with Gasteiger partial charge in [0.2, 0.25) is 5.28 Å². The van der Waals surface area contributed by atoms with E-state index in [0.29, 0.717) is 12.4 Å². The van der Waals surface area contributed by atoms with Crippen LogP contribution in [0.5, 0.6) is 0 Å². The van der Waals surface area contributed by atoms with Crippen molar-refractivity contribution in [2.24, 2.45) is 5.92 Å². The summed E-state index contributed by atoms with van der Waals surface area (Å²) in [4.78, 5) is 16.4. The second-order valence-corrected chi connectivity index (χ2v) is 5.02. The van der Waals surface area contributed by atoms with E-state index in [2.05, 4.69) is 26.9 Å². The predicted octanol–water partition coefficient (Wildman–Crippen LogP) is 3.05. The fourth-order valence-electron chi connectivity index (χ4n) is 2.15. The van der Waals surface area contributed by atoms with E-state index in [1.807, 2.05) is 0 Å². The average Bonchev–Trinajstić information content (AvgIpc) is 2.45. The molecule has 0 saturated heterocycles. The highest BCUT2D eigenvalue weighted by Crippen LogP contribution is 2.27. The summed E-state index contributed by atoms with van der Waals surface area (Å²) in [6.07, 6.45) is 5.78. The van der Waals surface area contributed by atoms with Crippen LogP contribution in [0.1, 0.15) is 32.6 Å². The molecule has 1 N–H and O–H groups in total. The minimum Gasteiger partial charge on any atom is -0.471 e. The van der Waals surface area contributed by atoms with Gasteiger partial charge in [0.15, 0.2) is 11.6 Å². The van der Waals surface area contributed by atoms with E-state index in [1.54, 1.807) is 0 Å². The Morgan fingerprint density at radius 3 is 2.75 bits per heavy atom. The Hall–Kier alpha value is -1.43. The molecule has 0 radical (unpaired) electrons. The molecule has 1 aromatic rings. The second kappa shape index (κ2) is 8.68. The van der Waals surface area contributed by atoms with Crippen molar-refractivity contribution < 1.29 is 13.9 Å². The zero-order valence-electron chi connectivity index (χ0n) is 11.6. The zero-order valence-corrected chi connectivity index (χ0v) is 12.4. The highest BCUT2D eigenvalue weighted by atomic mass is 35.5. The van der Waals surface area contributed by atoms with Crippen molar-refractivity contribution in [1.29, 1.82) is 0 Å². The summed E-state index contributed by atoms with van der Waals surface area (Å²) in [6.45, 7) is 2.55. The van der Waals surface area contributed by atoms with Crippen LogP contribution in [0.15, 0.2) is 6.20 Å². The third-order valence-electron chi connectivity index (χ3n) is 3.24. The molecule has 20 heavy (non-hydrogen) atoms. The van der Waals surface area contributed by atoms with E-state index in [1.165, 1.54) is 26.4 Å². The summed E-state index contributed by atoms with van der Waals surface area (Å²) in [7, 11) is 1.31. The van der Waals surface area contributed by atoms with Gasteiger partial charge in [0, 0.05) is 6.04 Å². The molecule has 112 valence electrons. The van der Waals surface area contributed by atoms with Gasteiger partial charge in [0.1, 0.15) is 0 Å². The van der Waals surface area contributed by atoms with Gasteiger partial charge in [-0.1, -0.05) is 19.8 Å². The molecule has 5 nitrogen and oxygen atoms in total. The molecule has 0 aromatic carbocycles. The fraction of sp³-hybridized carbons (Fsp3) is 0.615. The van der Waals surface area contributed by atoms with E-state index in [4.69, 9.17) is 16.4 Å². The molecule has 1 unspecified atom stereocenters. The van der Waals surface area contributed by atoms with Crippen molar-refractivity contribution in [2.45, 2.75) is 38.6 Å². The molecular weight excluding hydrogens is 285 g/mol. The molecule has 1 aromatic heterocycles. The first-order chi connectivity index (χ1) is 9.58. The van der Waals surface area contributed by atoms with Crippen molar-refractivity contribution in [3.05, 3.63) is 17.3 Å².